The summed E-state index contributed by atoms with van der Waals surface area (Å²) in [5.74, 6) is 0.665. The number of hydrogen-bond acceptors (Lipinski definition) is 5. The number of rotatable bonds is 6. The van der Waals surface area contributed by atoms with Crippen LogP contribution in [0, 0.1) is 13.8 Å². The molecule has 0 aliphatic rings. The zero-order valence-corrected chi connectivity index (χ0v) is 14.5. The van der Waals surface area contributed by atoms with Gasteiger partial charge in [0, 0.05) is 28.8 Å². The van der Waals surface area contributed by atoms with Gasteiger partial charge in [-0.2, -0.15) is 0 Å². The van der Waals surface area contributed by atoms with Crippen molar-refractivity contribution in [2.45, 2.75) is 32.8 Å². The van der Waals surface area contributed by atoms with E-state index in [-0.39, 0.29) is 12.5 Å². The number of carbonyl (C=O) groups excluding carboxylic acids is 1. The number of thiophene rings is 1. The van der Waals surface area contributed by atoms with Gasteiger partial charge in [0.05, 0.1) is 11.8 Å². The van der Waals surface area contributed by atoms with Gasteiger partial charge < -0.3 is 14.9 Å². The number of aliphatic hydroxyl groups excluding tert-OH is 1. The molecule has 0 aliphatic heterocycles. The molecule has 0 spiro atoms. The molecule has 126 valence electrons. The minimum atomic E-state index is -0.704. The normalized spacial score (nSPS) is 12.5. The smallest absolute Gasteiger partial charge is 0.220 e. The molecule has 1 atom stereocenters. The third-order valence-corrected chi connectivity index (χ3v) is 5.13. The van der Waals surface area contributed by atoms with Crippen molar-refractivity contribution in [3.8, 4) is 0 Å². The van der Waals surface area contributed by atoms with Crippen molar-refractivity contribution in [3.05, 3.63) is 52.2 Å². The number of benzene rings is 1. The fraction of sp³-hybridized carbons (Fsp3) is 0.333. The van der Waals surface area contributed by atoms with E-state index in [9.17, 15) is 9.90 Å². The maximum atomic E-state index is 12.0. The summed E-state index contributed by atoms with van der Waals surface area (Å²) in [7, 11) is 0. The predicted octanol–water partition coefficient (Wildman–Crippen LogP) is 3.29. The Morgan fingerprint density at radius 3 is 2.92 bits per heavy atom. The van der Waals surface area contributed by atoms with E-state index >= 15 is 0 Å². The van der Waals surface area contributed by atoms with Gasteiger partial charge >= 0.3 is 0 Å². The number of amides is 1. The molecule has 0 aliphatic carbocycles. The number of aliphatic hydroxyl groups is 1. The van der Waals surface area contributed by atoms with E-state index in [0.717, 1.165) is 32.7 Å². The van der Waals surface area contributed by atoms with Crippen molar-refractivity contribution in [1.82, 2.24) is 10.5 Å². The van der Waals surface area contributed by atoms with Gasteiger partial charge in [0.1, 0.15) is 5.76 Å². The first-order chi connectivity index (χ1) is 11.6. The lowest BCUT2D eigenvalue weighted by Gasteiger charge is -2.11. The van der Waals surface area contributed by atoms with Crippen LogP contribution in [0.2, 0.25) is 0 Å². The summed E-state index contributed by atoms with van der Waals surface area (Å²) >= 11 is 1.60. The van der Waals surface area contributed by atoms with Gasteiger partial charge in [0.15, 0.2) is 0 Å². The van der Waals surface area contributed by atoms with Crippen LogP contribution in [0.5, 0.6) is 0 Å². The molecule has 0 saturated carbocycles. The first kappa shape index (κ1) is 16.7. The van der Waals surface area contributed by atoms with Crippen LogP contribution >= 0.6 is 11.3 Å². The molecule has 0 bridgehead atoms. The number of aromatic nitrogens is 1. The average molecular weight is 344 g/mol. The summed E-state index contributed by atoms with van der Waals surface area (Å²) in [6.07, 6.45) is 0.231. The molecule has 0 fully saturated rings. The van der Waals surface area contributed by atoms with Crippen LogP contribution in [0.15, 0.2) is 34.2 Å². The Kier molecular flexibility index (Phi) is 4.97. The van der Waals surface area contributed by atoms with Crippen molar-refractivity contribution >= 4 is 27.3 Å². The van der Waals surface area contributed by atoms with Crippen LogP contribution in [-0.4, -0.2) is 22.7 Å². The SMILES string of the molecule is Cc1noc(C)c1CCC(=O)NC[C@@H](O)c1csc2ccccc12. The van der Waals surface area contributed by atoms with E-state index in [4.69, 9.17) is 4.52 Å². The number of nitrogens with one attached hydrogen (secondary N) is 1. The molecule has 24 heavy (non-hydrogen) atoms. The Morgan fingerprint density at radius 1 is 1.38 bits per heavy atom. The summed E-state index contributed by atoms with van der Waals surface area (Å²) in [6.45, 7) is 3.93. The van der Waals surface area contributed by atoms with Gasteiger partial charge in [-0.25, -0.2) is 0 Å². The molecule has 5 nitrogen and oxygen atoms in total. The van der Waals surface area contributed by atoms with Crippen molar-refractivity contribution < 1.29 is 14.4 Å². The van der Waals surface area contributed by atoms with Crippen molar-refractivity contribution in [3.63, 3.8) is 0 Å². The van der Waals surface area contributed by atoms with Crippen molar-refractivity contribution in [2.75, 3.05) is 6.54 Å². The number of fused-ring (bicyclic) bond motifs is 1. The van der Waals surface area contributed by atoms with Crippen LogP contribution in [-0.2, 0) is 11.2 Å². The van der Waals surface area contributed by atoms with Crippen molar-refractivity contribution in [1.29, 1.82) is 0 Å². The van der Waals surface area contributed by atoms with Crippen molar-refractivity contribution in [2.24, 2.45) is 0 Å². The molecule has 1 aromatic carbocycles. The number of aryl methyl sites for hydroxylation is 2. The third-order valence-electron chi connectivity index (χ3n) is 4.15. The molecule has 2 heterocycles. The zero-order valence-electron chi connectivity index (χ0n) is 13.7. The van der Waals surface area contributed by atoms with Crippen LogP contribution in [0.3, 0.4) is 0 Å². The van der Waals surface area contributed by atoms with Gasteiger partial charge in [-0.05, 0) is 37.1 Å². The number of hydrogen-bond donors (Lipinski definition) is 2. The summed E-state index contributed by atoms with van der Waals surface area (Å²) in [6, 6.07) is 7.95. The van der Waals surface area contributed by atoms with Gasteiger partial charge in [0.25, 0.3) is 0 Å². The molecule has 0 radical (unpaired) electrons. The van der Waals surface area contributed by atoms with Crippen LogP contribution < -0.4 is 5.32 Å². The molecule has 2 N–H and O–H groups in total. The summed E-state index contributed by atoms with van der Waals surface area (Å²) in [4.78, 5) is 12.0. The standard InChI is InChI=1S/C18H20N2O3S/c1-11-13(12(2)23-20-11)7-8-18(22)19-9-16(21)15-10-24-17-6-4-3-5-14(15)17/h3-6,10,16,21H,7-9H2,1-2H3,(H,19,22)/t16-/m1/s1. The summed E-state index contributed by atoms with van der Waals surface area (Å²) in [5.41, 5.74) is 2.67. The Balaban J connectivity index is 1.54. The van der Waals surface area contributed by atoms with Crippen LogP contribution in [0.1, 0.15) is 35.1 Å². The third kappa shape index (κ3) is 3.49. The molecular weight excluding hydrogens is 324 g/mol. The predicted molar refractivity (Wildman–Crippen MR) is 94.1 cm³/mol. The second kappa shape index (κ2) is 7.15. The van der Waals surface area contributed by atoms with E-state index in [1.807, 2.05) is 43.5 Å². The van der Waals surface area contributed by atoms with Crippen LogP contribution in [0.4, 0.5) is 0 Å². The van der Waals surface area contributed by atoms with E-state index < -0.39 is 6.10 Å². The lowest BCUT2D eigenvalue weighted by Crippen LogP contribution is -2.28. The second-order valence-corrected chi connectivity index (χ2v) is 6.72. The Morgan fingerprint density at radius 2 is 2.17 bits per heavy atom. The maximum Gasteiger partial charge on any atom is 0.220 e. The minimum Gasteiger partial charge on any atom is -0.387 e. The highest BCUT2D eigenvalue weighted by Gasteiger charge is 2.15. The van der Waals surface area contributed by atoms with E-state index in [2.05, 4.69) is 10.5 Å². The Bertz CT molecular complexity index is 833. The lowest BCUT2D eigenvalue weighted by molar-refractivity contribution is -0.121. The van der Waals surface area contributed by atoms with Gasteiger partial charge in [-0.1, -0.05) is 23.4 Å². The Labute approximate surface area is 144 Å². The molecule has 0 saturated heterocycles. The highest BCUT2D eigenvalue weighted by molar-refractivity contribution is 7.17. The Hall–Kier alpha value is -2.18. The number of carbonyl (C=O) groups is 1. The minimum absolute atomic E-state index is 0.0893. The zero-order chi connectivity index (χ0) is 17.1. The molecule has 1 amide bonds. The monoisotopic (exact) mass is 344 g/mol. The molecule has 6 heteroatoms. The summed E-state index contributed by atoms with van der Waals surface area (Å²) < 4.78 is 6.23. The molecule has 2 aromatic heterocycles. The fourth-order valence-corrected chi connectivity index (χ4v) is 3.77. The van der Waals surface area contributed by atoms with E-state index in [0.29, 0.717) is 12.8 Å². The fourth-order valence-electron chi connectivity index (χ4n) is 2.76. The molecule has 3 rings (SSSR count). The molecular formula is C18H20N2O3S. The highest BCUT2D eigenvalue weighted by atomic mass is 32.1. The molecule has 3 aromatic rings. The van der Waals surface area contributed by atoms with E-state index in [1.54, 1.807) is 11.3 Å². The first-order valence-electron chi connectivity index (χ1n) is 7.89. The first-order valence-corrected chi connectivity index (χ1v) is 8.77. The highest BCUT2D eigenvalue weighted by Crippen LogP contribution is 2.29. The van der Waals surface area contributed by atoms with E-state index in [1.165, 1.54) is 0 Å². The quantitative estimate of drug-likeness (QED) is 0.719. The van der Waals surface area contributed by atoms with Gasteiger partial charge in [-0.3, -0.25) is 4.79 Å². The second-order valence-electron chi connectivity index (χ2n) is 5.81. The molecule has 0 unspecified atom stereocenters. The summed E-state index contributed by atoms with van der Waals surface area (Å²) in [5, 5.41) is 20.0. The topological polar surface area (TPSA) is 75.4 Å². The maximum absolute atomic E-state index is 12.0. The number of nitrogens with zero attached hydrogens (tertiary/aromatic N) is 1. The van der Waals surface area contributed by atoms with Gasteiger partial charge in [-0.15, -0.1) is 11.3 Å². The average Bonchev–Trinajstić information content (AvgIpc) is 3.15. The largest absolute Gasteiger partial charge is 0.387 e. The lowest BCUT2D eigenvalue weighted by atomic mass is 10.1. The van der Waals surface area contributed by atoms with Crippen LogP contribution in [0.25, 0.3) is 10.1 Å². The van der Waals surface area contributed by atoms with Gasteiger partial charge in [0.2, 0.25) is 5.91 Å².